The molecule has 11 heteroatoms. The van der Waals surface area contributed by atoms with Crippen LogP contribution in [0, 0.1) is 11.6 Å². The Labute approximate surface area is 228 Å². The van der Waals surface area contributed by atoms with Crippen molar-refractivity contribution in [1.82, 2.24) is 19.3 Å². The first-order valence-corrected chi connectivity index (χ1v) is 14.9. The van der Waals surface area contributed by atoms with Gasteiger partial charge in [-0.25, -0.2) is 27.2 Å². The van der Waals surface area contributed by atoms with Crippen LogP contribution in [-0.2, 0) is 29.4 Å². The molecule has 0 amide bonds. The maximum atomic E-state index is 15.4. The standard InChI is InChI=1S/C28H33F2N5O3S/c1-6-17(2)35-16-28(3,4)38-27-21(29)11-19(12-24(27)35)26-22(30)14-31-25(33-26)13-20-8-7-18-15-34(39(5,36)37)10-9-23(18)32-20/h7-8,11-12,14,17H,6,9-10,13,15-16H2,1-5H3. The zero-order chi connectivity index (χ0) is 28.1. The van der Waals surface area contributed by atoms with Gasteiger partial charge in [-0.1, -0.05) is 13.0 Å². The molecule has 2 aliphatic heterocycles. The Morgan fingerprint density at radius 1 is 1.15 bits per heavy atom. The number of nitrogens with zero attached hydrogens (tertiary/aromatic N) is 5. The van der Waals surface area contributed by atoms with Crippen LogP contribution in [-0.4, -0.2) is 58.7 Å². The Morgan fingerprint density at radius 2 is 1.92 bits per heavy atom. The van der Waals surface area contributed by atoms with Crippen LogP contribution < -0.4 is 9.64 Å². The van der Waals surface area contributed by atoms with Crippen molar-refractivity contribution in [1.29, 1.82) is 0 Å². The van der Waals surface area contributed by atoms with Crippen LogP contribution in [0.15, 0.2) is 30.5 Å². The van der Waals surface area contributed by atoms with E-state index in [-0.39, 0.29) is 30.5 Å². The minimum Gasteiger partial charge on any atom is -0.481 e. The molecule has 0 saturated heterocycles. The Kier molecular flexibility index (Phi) is 7.09. The second kappa shape index (κ2) is 10.1. The average Bonchev–Trinajstić information content (AvgIpc) is 2.88. The molecule has 8 nitrogen and oxygen atoms in total. The van der Waals surface area contributed by atoms with Gasteiger partial charge >= 0.3 is 0 Å². The van der Waals surface area contributed by atoms with Crippen molar-refractivity contribution in [2.24, 2.45) is 0 Å². The second-order valence-corrected chi connectivity index (χ2v) is 13.0. The number of pyridine rings is 1. The molecule has 0 fully saturated rings. The van der Waals surface area contributed by atoms with Crippen LogP contribution in [0.5, 0.6) is 5.75 Å². The Hall–Kier alpha value is -3.18. The van der Waals surface area contributed by atoms with Gasteiger partial charge in [-0.05, 0) is 51.0 Å². The van der Waals surface area contributed by atoms with Crippen molar-refractivity contribution in [3.63, 3.8) is 0 Å². The fourth-order valence-electron chi connectivity index (χ4n) is 5.12. The first-order chi connectivity index (χ1) is 18.3. The van der Waals surface area contributed by atoms with E-state index in [0.29, 0.717) is 42.3 Å². The van der Waals surface area contributed by atoms with Gasteiger partial charge in [0.2, 0.25) is 10.0 Å². The molecule has 1 aromatic carbocycles. The zero-order valence-electron chi connectivity index (χ0n) is 22.8. The molecule has 0 saturated carbocycles. The molecule has 1 atom stereocenters. The van der Waals surface area contributed by atoms with Gasteiger partial charge in [0.25, 0.3) is 0 Å². The summed E-state index contributed by atoms with van der Waals surface area (Å²) in [6, 6.07) is 6.79. The van der Waals surface area contributed by atoms with Gasteiger partial charge in [0.05, 0.1) is 31.1 Å². The summed E-state index contributed by atoms with van der Waals surface area (Å²) in [5.74, 6) is -0.702. The van der Waals surface area contributed by atoms with E-state index in [9.17, 15) is 12.8 Å². The molecular weight excluding hydrogens is 524 g/mol. The third-order valence-corrected chi connectivity index (χ3v) is 8.58. The normalized spacial score (nSPS) is 17.8. The van der Waals surface area contributed by atoms with Crippen LogP contribution in [0.2, 0.25) is 0 Å². The molecule has 0 bridgehead atoms. The fraction of sp³-hybridized carbons (Fsp3) is 0.464. The molecule has 0 spiro atoms. The van der Waals surface area contributed by atoms with Crippen molar-refractivity contribution < 1.29 is 21.9 Å². The molecule has 208 valence electrons. The van der Waals surface area contributed by atoms with Gasteiger partial charge in [-0.3, -0.25) is 4.98 Å². The van der Waals surface area contributed by atoms with Gasteiger partial charge in [0, 0.05) is 42.5 Å². The van der Waals surface area contributed by atoms with E-state index in [2.05, 4.69) is 28.7 Å². The number of ether oxygens (including phenoxy) is 1. The quantitative estimate of drug-likeness (QED) is 0.441. The summed E-state index contributed by atoms with van der Waals surface area (Å²) in [6.45, 7) is 9.22. The topological polar surface area (TPSA) is 88.5 Å². The monoisotopic (exact) mass is 557 g/mol. The van der Waals surface area contributed by atoms with Crippen molar-refractivity contribution in [3.05, 3.63) is 64.9 Å². The lowest BCUT2D eigenvalue weighted by molar-refractivity contribution is 0.0960. The van der Waals surface area contributed by atoms with Crippen molar-refractivity contribution in [3.8, 4) is 17.0 Å². The van der Waals surface area contributed by atoms with E-state index in [4.69, 9.17) is 9.72 Å². The number of hydrogen-bond acceptors (Lipinski definition) is 7. The lowest BCUT2D eigenvalue weighted by Crippen LogP contribution is -2.50. The number of sulfonamides is 1. The maximum absolute atomic E-state index is 15.4. The number of halogens is 2. The van der Waals surface area contributed by atoms with E-state index < -0.39 is 27.3 Å². The van der Waals surface area contributed by atoms with Crippen molar-refractivity contribution >= 4 is 15.7 Å². The highest BCUT2D eigenvalue weighted by Crippen LogP contribution is 2.43. The van der Waals surface area contributed by atoms with E-state index >= 15 is 4.39 Å². The molecule has 2 aliphatic rings. The molecule has 39 heavy (non-hydrogen) atoms. The molecule has 0 radical (unpaired) electrons. The first kappa shape index (κ1) is 27.4. The SMILES string of the molecule is CCC(C)N1CC(C)(C)Oc2c(F)cc(-c3nc(Cc4ccc5c(n4)CCN(S(C)(=O)=O)C5)ncc3F)cc21. The van der Waals surface area contributed by atoms with Gasteiger partial charge in [-0.2, -0.15) is 4.31 Å². The molecule has 1 unspecified atom stereocenters. The molecule has 2 aromatic heterocycles. The van der Waals surface area contributed by atoms with Gasteiger partial charge in [0.15, 0.2) is 17.4 Å². The minimum atomic E-state index is -3.27. The zero-order valence-corrected chi connectivity index (χ0v) is 23.6. The van der Waals surface area contributed by atoms with Crippen LogP contribution in [0.1, 0.15) is 56.9 Å². The van der Waals surface area contributed by atoms with Gasteiger partial charge in [-0.15, -0.1) is 0 Å². The van der Waals surface area contributed by atoms with Crippen molar-refractivity contribution in [2.45, 2.75) is 65.1 Å². The molecule has 0 N–H and O–H groups in total. The molecular formula is C28H33F2N5O3S. The third-order valence-electron chi connectivity index (χ3n) is 7.33. The number of aromatic nitrogens is 3. The largest absolute Gasteiger partial charge is 0.481 e. The number of anilines is 1. The Morgan fingerprint density at radius 3 is 2.64 bits per heavy atom. The highest BCUT2D eigenvalue weighted by molar-refractivity contribution is 7.88. The van der Waals surface area contributed by atoms with Crippen molar-refractivity contribution in [2.75, 3.05) is 24.2 Å². The van der Waals surface area contributed by atoms with E-state index in [1.807, 2.05) is 19.9 Å². The summed E-state index contributed by atoms with van der Waals surface area (Å²) in [6.07, 6.45) is 3.91. The van der Waals surface area contributed by atoms with E-state index in [1.165, 1.54) is 16.6 Å². The maximum Gasteiger partial charge on any atom is 0.211 e. The van der Waals surface area contributed by atoms with Gasteiger partial charge in [0.1, 0.15) is 17.1 Å². The summed E-state index contributed by atoms with van der Waals surface area (Å²) in [4.78, 5) is 15.4. The average molecular weight is 558 g/mol. The first-order valence-electron chi connectivity index (χ1n) is 13.1. The Balaban J connectivity index is 1.45. The number of hydrogen-bond donors (Lipinski definition) is 0. The summed E-state index contributed by atoms with van der Waals surface area (Å²) >= 11 is 0. The lowest BCUT2D eigenvalue weighted by atomic mass is 10.00. The van der Waals surface area contributed by atoms with E-state index in [0.717, 1.165) is 23.9 Å². The second-order valence-electron chi connectivity index (χ2n) is 11.0. The summed E-state index contributed by atoms with van der Waals surface area (Å²) in [5, 5.41) is 0. The van der Waals surface area contributed by atoms with Gasteiger partial charge < -0.3 is 9.64 Å². The Bertz CT molecular complexity index is 1530. The molecule has 3 aromatic rings. The van der Waals surface area contributed by atoms with Crippen LogP contribution >= 0.6 is 0 Å². The lowest BCUT2D eigenvalue weighted by Gasteiger charge is -2.44. The number of rotatable bonds is 6. The van der Waals surface area contributed by atoms with Crippen LogP contribution in [0.25, 0.3) is 11.3 Å². The smallest absolute Gasteiger partial charge is 0.211 e. The highest BCUT2D eigenvalue weighted by Gasteiger charge is 2.36. The fourth-order valence-corrected chi connectivity index (χ4v) is 5.91. The van der Waals surface area contributed by atoms with Crippen LogP contribution in [0.3, 0.4) is 0 Å². The summed E-state index contributed by atoms with van der Waals surface area (Å²) < 4.78 is 61.6. The molecule has 4 heterocycles. The van der Waals surface area contributed by atoms with Crippen LogP contribution in [0.4, 0.5) is 14.5 Å². The number of benzene rings is 1. The number of fused-ring (bicyclic) bond motifs is 2. The third kappa shape index (κ3) is 5.60. The highest BCUT2D eigenvalue weighted by atomic mass is 32.2. The molecule has 5 rings (SSSR count). The molecule has 0 aliphatic carbocycles. The predicted molar refractivity (Wildman–Crippen MR) is 145 cm³/mol. The summed E-state index contributed by atoms with van der Waals surface area (Å²) in [5.41, 5.74) is 2.71. The summed E-state index contributed by atoms with van der Waals surface area (Å²) in [7, 11) is -3.27. The minimum absolute atomic E-state index is 0.0115. The van der Waals surface area contributed by atoms with E-state index in [1.54, 1.807) is 12.1 Å². The predicted octanol–water partition coefficient (Wildman–Crippen LogP) is 4.50.